The Bertz CT molecular complexity index is 1680. The summed E-state index contributed by atoms with van der Waals surface area (Å²) in [6.45, 7) is 5.06. The molecule has 10 nitrogen and oxygen atoms in total. The summed E-state index contributed by atoms with van der Waals surface area (Å²) in [6, 6.07) is 20.6. The maximum Gasteiger partial charge on any atom is 0.306 e. The largest absolute Gasteiger partial charge is 0.463 e. The highest BCUT2D eigenvalue weighted by atomic mass is 16.5. The predicted molar refractivity (Wildman–Crippen MR) is 182 cm³/mol. The molecule has 1 aliphatic carbocycles. The predicted octanol–water partition coefficient (Wildman–Crippen LogP) is 4.21. The van der Waals surface area contributed by atoms with Crippen molar-refractivity contribution in [3.63, 3.8) is 0 Å². The van der Waals surface area contributed by atoms with Crippen molar-refractivity contribution in [1.82, 2.24) is 20.1 Å². The molecule has 1 aliphatic heterocycles. The molecular formula is C38H46N4O6. The van der Waals surface area contributed by atoms with Crippen molar-refractivity contribution in [2.75, 3.05) is 19.6 Å². The van der Waals surface area contributed by atoms with Crippen molar-refractivity contribution in [1.29, 1.82) is 0 Å². The molecule has 0 radical (unpaired) electrons. The Hall–Kier alpha value is -4.73. The van der Waals surface area contributed by atoms with Crippen LogP contribution in [0.2, 0.25) is 0 Å². The average Bonchev–Trinajstić information content (AvgIpc) is 3.08. The number of likely N-dealkylation sites (tertiary alicyclic amines) is 1. The summed E-state index contributed by atoms with van der Waals surface area (Å²) in [5, 5.41) is 6.13. The number of piperidine rings is 1. The van der Waals surface area contributed by atoms with E-state index in [0.29, 0.717) is 64.6 Å². The molecule has 1 fully saturated rings. The number of fused-ring (bicyclic) bond motifs is 1. The number of hydrogen-bond donors (Lipinski definition) is 2. The first-order chi connectivity index (χ1) is 23.1. The van der Waals surface area contributed by atoms with Gasteiger partial charge in [-0.2, -0.15) is 0 Å². The first-order valence-electron chi connectivity index (χ1n) is 17.0. The van der Waals surface area contributed by atoms with E-state index in [1.54, 1.807) is 19.3 Å². The van der Waals surface area contributed by atoms with E-state index in [1.165, 1.54) is 10.6 Å². The molecule has 0 spiro atoms. The number of rotatable bonds is 11. The summed E-state index contributed by atoms with van der Waals surface area (Å²) >= 11 is 0. The van der Waals surface area contributed by atoms with Crippen LogP contribution in [0.1, 0.15) is 91.8 Å². The maximum atomic E-state index is 14.2. The van der Waals surface area contributed by atoms with E-state index in [4.69, 9.17) is 4.74 Å². The molecule has 10 heteroatoms. The Morgan fingerprint density at radius 2 is 1.62 bits per heavy atom. The molecule has 3 amide bonds. The van der Waals surface area contributed by atoms with Gasteiger partial charge in [-0.15, -0.1) is 0 Å². The van der Waals surface area contributed by atoms with Gasteiger partial charge in [0.15, 0.2) is 0 Å². The molecule has 48 heavy (non-hydrogen) atoms. The lowest BCUT2D eigenvalue weighted by Crippen LogP contribution is -2.51. The highest BCUT2D eigenvalue weighted by molar-refractivity contribution is 5.95. The number of pyridine rings is 1. The SMILES string of the molecule is CC(C)OC(=O)CCCCNC(=O)[C@@]1(c2ccccc2)CC[C@H](C(=O)N2CCC(NC(=O)c3cccn(C)c3=O)CC2)c2ccccc21. The van der Waals surface area contributed by atoms with Crippen molar-refractivity contribution in [3.8, 4) is 0 Å². The van der Waals surface area contributed by atoms with Gasteiger partial charge in [-0.05, 0) is 81.2 Å². The van der Waals surface area contributed by atoms with E-state index in [-0.39, 0.29) is 41.1 Å². The van der Waals surface area contributed by atoms with Gasteiger partial charge in [0.1, 0.15) is 5.56 Å². The van der Waals surface area contributed by atoms with Crippen LogP contribution in [0, 0.1) is 0 Å². The van der Waals surface area contributed by atoms with E-state index in [0.717, 1.165) is 16.7 Å². The van der Waals surface area contributed by atoms with Crippen molar-refractivity contribution in [2.45, 2.75) is 82.3 Å². The number of ether oxygens (including phenoxy) is 1. The standard InChI is InChI=1S/C38H46N4O6/c1-26(2)48-33(43)17-9-10-22-39-37(47)38(27-12-5-4-6-13-27)21-18-30(29-14-7-8-16-32(29)38)36(46)42-24-19-28(20-25-42)40-34(44)31-15-11-23-41(3)35(31)45/h4-8,11-16,23,26,28,30H,9-10,17-22,24-25H2,1-3H3,(H,39,47)(H,40,44)/t30-,38+/m0/s1. The number of carbonyl (C=O) groups excluding carboxylic acids is 4. The van der Waals surface area contributed by atoms with Crippen LogP contribution < -0.4 is 16.2 Å². The van der Waals surface area contributed by atoms with Crippen LogP contribution >= 0.6 is 0 Å². The third-order valence-electron chi connectivity index (χ3n) is 9.53. The molecule has 1 saturated heterocycles. The number of esters is 1. The van der Waals surface area contributed by atoms with Crippen molar-refractivity contribution >= 4 is 23.7 Å². The molecule has 0 saturated carbocycles. The molecule has 2 aromatic carbocycles. The molecule has 2 atom stereocenters. The number of amides is 3. The lowest BCUT2D eigenvalue weighted by Gasteiger charge is -2.42. The van der Waals surface area contributed by atoms with E-state index >= 15 is 0 Å². The summed E-state index contributed by atoms with van der Waals surface area (Å²) in [5.41, 5.74) is 1.38. The number of aryl methyl sites for hydroxylation is 1. The fraction of sp³-hybridized carbons (Fsp3) is 0.447. The van der Waals surface area contributed by atoms with Crippen LogP contribution in [0.5, 0.6) is 0 Å². The lowest BCUT2D eigenvalue weighted by molar-refractivity contribution is -0.147. The molecule has 0 unspecified atom stereocenters. The molecular weight excluding hydrogens is 608 g/mol. The smallest absolute Gasteiger partial charge is 0.306 e. The number of nitrogens with zero attached hydrogens (tertiary/aromatic N) is 2. The summed E-state index contributed by atoms with van der Waals surface area (Å²) in [5.74, 6) is -1.11. The average molecular weight is 655 g/mol. The zero-order valence-electron chi connectivity index (χ0n) is 28.1. The molecule has 2 heterocycles. The van der Waals surface area contributed by atoms with Gasteiger partial charge in [0.25, 0.3) is 11.5 Å². The Morgan fingerprint density at radius 3 is 2.35 bits per heavy atom. The first-order valence-corrected chi connectivity index (χ1v) is 17.0. The number of carbonyl (C=O) groups is 4. The number of unbranched alkanes of at least 4 members (excludes halogenated alkanes) is 1. The quantitative estimate of drug-likeness (QED) is 0.236. The molecule has 1 aromatic heterocycles. The minimum Gasteiger partial charge on any atom is -0.463 e. The zero-order valence-corrected chi connectivity index (χ0v) is 28.1. The summed E-state index contributed by atoms with van der Waals surface area (Å²) in [7, 11) is 1.61. The Morgan fingerprint density at radius 1 is 0.917 bits per heavy atom. The Balaban J connectivity index is 1.27. The number of nitrogens with one attached hydrogen (secondary N) is 2. The summed E-state index contributed by atoms with van der Waals surface area (Å²) < 4.78 is 6.60. The normalized spacial score (nSPS) is 19.3. The van der Waals surface area contributed by atoms with Crippen LogP contribution in [0.25, 0.3) is 0 Å². The molecule has 2 aliphatic rings. The number of aromatic nitrogens is 1. The van der Waals surface area contributed by atoms with Crippen molar-refractivity contribution < 1.29 is 23.9 Å². The molecule has 5 rings (SSSR count). The van der Waals surface area contributed by atoms with Gasteiger partial charge in [-0.25, -0.2) is 0 Å². The van der Waals surface area contributed by atoms with Gasteiger partial charge in [0, 0.05) is 45.3 Å². The summed E-state index contributed by atoms with van der Waals surface area (Å²) in [4.78, 5) is 67.3. The molecule has 254 valence electrons. The monoisotopic (exact) mass is 654 g/mol. The fourth-order valence-electron chi connectivity index (χ4n) is 7.05. The van der Waals surface area contributed by atoms with Crippen LogP contribution in [0.3, 0.4) is 0 Å². The second-order valence-electron chi connectivity index (χ2n) is 13.1. The minimum absolute atomic E-state index is 0.0273. The topological polar surface area (TPSA) is 127 Å². The highest BCUT2D eigenvalue weighted by Gasteiger charge is 2.48. The van der Waals surface area contributed by atoms with E-state index < -0.39 is 17.2 Å². The zero-order chi connectivity index (χ0) is 34.3. The maximum absolute atomic E-state index is 14.2. The van der Waals surface area contributed by atoms with E-state index in [9.17, 15) is 24.0 Å². The Kier molecular flexibility index (Phi) is 11.1. The van der Waals surface area contributed by atoms with Crippen LogP contribution in [-0.4, -0.2) is 64.9 Å². The third kappa shape index (κ3) is 7.53. The first kappa shape index (κ1) is 34.6. The van der Waals surface area contributed by atoms with Crippen molar-refractivity contribution in [3.05, 3.63) is 106 Å². The second-order valence-corrected chi connectivity index (χ2v) is 13.1. The van der Waals surface area contributed by atoms with Gasteiger partial charge in [-0.1, -0.05) is 54.6 Å². The van der Waals surface area contributed by atoms with Crippen LogP contribution in [0.15, 0.2) is 77.7 Å². The minimum atomic E-state index is -0.961. The van der Waals surface area contributed by atoms with Crippen LogP contribution in [-0.2, 0) is 31.6 Å². The highest BCUT2D eigenvalue weighted by Crippen LogP contribution is 2.48. The van der Waals surface area contributed by atoms with Gasteiger partial charge in [0.2, 0.25) is 11.8 Å². The van der Waals surface area contributed by atoms with E-state index in [1.807, 2.05) is 73.3 Å². The van der Waals surface area contributed by atoms with Gasteiger partial charge >= 0.3 is 5.97 Å². The van der Waals surface area contributed by atoms with Crippen LogP contribution in [0.4, 0.5) is 0 Å². The molecule has 0 bridgehead atoms. The summed E-state index contributed by atoms with van der Waals surface area (Å²) in [6.07, 6.45) is 5.18. The molecule has 3 aromatic rings. The number of hydrogen-bond acceptors (Lipinski definition) is 6. The van der Waals surface area contributed by atoms with E-state index in [2.05, 4.69) is 10.6 Å². The molecule has 2 N–H and O–H groups in total. The van der Waals surface area contributed by atoms with Crippen molar-refractivity contribution in [2.24, 2.45) is 7.05 Å². The second kappa shape index (κ2) is 15.4. The van der Waals surface area contributed by atoms with Gasteiger partial charge in [0.05, 0.1) is 17.4 Å². The van der Waals surface area contributed by atoms with Gasteiger partial charge < -0.3 is 24.8 Å². The number of benzene rings is 2. The van der Waals surface area contributed by atoms with Gasteiger partial charge in [-0.3, -0.25) is 24.0 Å². The third-order valence-corrected chi connectivity index (χ3v) is 9.53. The fourth-order valence-corrected chi connectivity index (χ4v) is 7.05. The lowest BCUT2D eigenvalue weighted by atomic mass is 9.62. The Labute approximate surface area is 281 Å².